The van der Waals surface area contributed by atoms with E-state index in [0.717, 1.165) is 38.6 Å². The minimum Gasteiger partial charge on any atom is -0.352 e. The first-order chi connectivity index (χ1) is 15.8. The Labute approximate surface area is 195 Å². The Balaban J connectivity index is 1.16. The molecule has 3 amide bonds. The summed E-state index contributed by atoms with van der Waals surface area (Å²) >= 11 is 0. The lowest BCUT2D eigenvalue weighted by atomic mass is 9.77. The van der Waals surface area contributed by atoms with Crippen molar-refractivity contribution < 1.29 is 18.8 Å². The summed E-state index contributed by atoms with van der Waals surface area (Å²) in [6.45, 7) is 4.27. The predicted molar refractivity (Wildman–Crippen MR) is 121 cm³/mol. The number of amides is 3. The van der Waals surface area contributed by atoms with Gasteiger partial charge in [-0.15, -0.1) is 0 Å². The van der Waals surface area contributed by atoms with E-state index >= 15 is 0 Å². The highest BCUT2D eigenvalue weighted by molar-refractivity contribution is 5.95. The maximum Gasteiger partial charge on any atom is 0.246 e. The number of halogens is 1. The van der Waals surface area contributed by atoms with Gasteiger partial charge in [-0.3, -0.25) is 19.3 Å². The van der Waals surface area contributed by atoms with Crippen LogP contribution < -0.4 is 10.6 Å². The van der Waals surface area contributed by atoms with E-state index in [9.17, 15) is 18.8 Å². The second kappa shape index (κ2) is 9.13. The highest BCUT2D eigenvalue weighted by atomic mass is 19.1. The summed E-state index contributed by atoms with van der Waals surface area (Å²) in [5.41, 5.74) is 0. The molecule has 0 radical (unpaired) electrons. The molecule has 0 aromatic rings. The normalized spacial score (nSPS) is 42.2. The van der Waals surface area contributed by atoms with E-state index in [0.29, 0.717) is 37.9 Å². The van der Waals surface area contributed by atoms with Crippen molar-refractivity contribution >= 4 is 17.7 Å². The lowest BCUT2D eigenvalue weighted by Gasteiger charge is -2.48. The Bertz CT molecular complexity index is 778. The van der Waals surface area contributed by atoms with E-state index in [2.05, 4.69) is 22.5 Å². The minimum absolute atomic E-state index is 0.00829. The van der Waals surface area contributed by atoms with Crippen molar-refractivity contribution in [2.75, 3.05) is 33.2 Å². The number of carbonyl (C=O) groups excluding carboxylic acids is 3. The monoisotopic (exact) mass is 463 g/mol. The molecule has 3 aliphatic heterocycles. The first-order valence-corrected chi connectivity index (χ1v) is 12.8. The van der Waals surface area contributed by atoms with Gasteiger partial charge in [-0.2, -0.15) is 0 Å². The van der Waals surface area contributed by atoms with Crippen molar-refractivity contribution in [1.82, 2.24) is 25.3 Å². The van der Waals surface area contributed by atoms with Crippen LogP contribution >= 0.6 is 0 Å². The van der Waals surface area contributed by atoms with Gasteiger partial charge < -0.3 is 20.4 Å². The minimum atomic E-state index is -0.803. The van der Waals surface area contributed by atoms with Crippen LogP contribution in [0.15, 0.2) is 0 Å². The Morgan fingerprint density at radius 2 is 1.94 bits per heavy atom. The summed E-state index contributed by atoms with van der Waals surface area (Å²) < 4.78 is 14.4. The van der Waals surface area contributed by atoms with E-state index in [1.54, 1.807) is 11.9 Å². The number of carbonyl (C=O) groups is 3. The third-order valence-corrected chi connectivity index (χ3v) is 8.93. The SMILES string of the molecule is CC1CCC(F)C2CC(C(=O)N[C@@H]3CCC[C@@H](N4CCN5C(=O)CN(C)C(=O)[C@H]5C4)C3)NC12. The number of piperazine rings is 2. The Kier molecular flexibility index (Phi) is 6.37. The summed E-state index contributed by atoms with van der Waals surface area (Å²) in [6, 6.07) is -0.182. The molecule has 2 aliphatic carbocycles. The van der Waals surface area contributed by atoms with E-state index in [1.165, 1.54) is 4.90 Å². The molecule has 8 nitrogen and oxygen atoms in total. The molecule has 5 fully saturated rings. The van der Waals surface area contributed by atoms with Crippen LogP contribution in [0.25, 0.3) is 0 Å². The second-order valence-corrected chi connectivity index (χ2v) is 11.0. The number of nitrogens with one attached hydrogen (secondary N) is 2. The van der Waals surface area contributed by atoms with Gasteiger partial charge in [0, 0.05) is 50.7 Å². The van der Waals surface area contributed by atoms with Gasteiger partial charge in [-0.25, -0.2) is 4.39 Å². The Morgan fingerprint density at radius 1 is 1.12 bits per heavy atom. The standard InChI is InChI=1S/C24H38FN5O3/c1-14-6-7-18(25)17-11-19(27-22(14)17)23(32)26-15-4-3-5-16(10-15)29-8-9-30-20(12-29)24(33)28(2)13-21(30)31/h14-20,22,27H,3-13H2,1-2H3,(H,26,32)/t14?,15-,16-,17?,18?,19?,20-,22?/m1/s1. The van der Waals surface area contributed by atoms with Crippen LogP contribution in [0.4, 0.5) is 4.39 Å². The molecular formula is C24H38FN5O3. The fourth-order valence-electron chi connectivity index (χ4n) is 7.00. The van der Waals surface area contributed by atoms with Crippen LogP contribution in [0.5, 0.6) is 0 Å². The third kappa shape index (κ3) is 4.38. The summed E-state index contributed by atoms with van der Waals surface area (Å²) in [7, 11) is 1.70. The molecule has 9 heteroatoms. The molecule has 5 rings (SSSR count). The van der Waals surface area contributed by atoms with Gasteiger partial charge in [0.1, 0.15) is 12.2 Å². The number of nitrogens with zero attached hydrogens (tertiary/aromatic N) is 3. The van der Waals surface area contributed by atoms with Crippen molar-refractivity contribution in [3.63, 3.8) is 0 Å². The van der Waals surface area contributed by atoms with Gasteiger partial charge in [-0.05, 0) is 50.9 Å². The molecule has 2 N–H and O–H groups in total. The third-order valence-electron chi connectivity index (χ3n) is 8.93. The molecule has 8 atom stereocenters. The quantitative estimate of drug-likeness (QED) is 0.637. The first-order valence-electron chi connectivity index (χ1n) is 12.8. The van der Waals surface area contributed by atoms with Crippen molar-refractivity contribution in [1.29, 1.82) is 0 Å². The zero-order valence-electron chi connectivity index (χ0n) is 19.8. The molecule has 0 bridgehead atoms. The van der Waals surface area contributed by atoms with E-state index in [4.69, 9.17) is 0 Å². The smallest absolute Gasteiger partial charge is 0.246 e. The van der Waals surface area contributed by atoms with E-state index < -0.39 is 6.17 Å². The van der Waals surface area contributed by atoms with Crippen LogP contribution in [0.2, 0.25) is 0 Å². The molecule has 0 aromatic carbocycles. The van der Waals surface area contributed by atoms with E-state index in [-0.39, 0.29) is 54.4 Å². The van der Waals surface area contributed by atoms with Crippen molar-refractivity contribution in [2.24, 2.45) is 11.8 Å². The average Bonchev–Trinajstić information content (AvgIpc) is 3.27. The zero-order valence-corrected chi connectivity index (χ0v) is 19.8. The molecular weight excluding hydrogens is 425 g/mol. The number of alkyl halides is 1. The molecule has 0 aromatic heterocycles. The lowest BCUT2D eigenvalue weighted by Crippen LogP contribution is -2.67. The Morgan fingerprint density at radius 3 is 2.73 bits per heavy atom. The van der Waals surface area contributed by atoms with Crippen LogP contribution in [0.1, 0.15) is 51.9 Å². The maximum atomic E-state index is 14.4. The number of likely N-dealkylation sites (N-methyl/N-ethyl adjacent to an activating group) is 1. The molecule has 184 valence electrons. The molecule has 2 saturated carbocycles. The number of hydrogen-bond donors (Lipinski definition) is 2. The summed E-state index contributed by atoms with van der Waals surface area (Å²) in [5, 5.41) is 6.70. The van der Waals surface area contributed by atoms with Gasteiger partial charge in [0.2, 0.25) is 17.7 Å². The van der Waals surface area contributed by atoms with Gasteiger partial charge in [-0.1, -0.05) is 6.92 Å². The van der Waals surface area contributed by atoms with Gasteiger partial charge in [0.25, 0.3) is 0 Å². The molecule has 33 heavy (non-hydrogen) atoms. The van der Waals surface area contributed by atoms with Gasteiger partial charge >= 0.3 is 0 Å². The largest absolute Gasteiger partial charge is 0.352 e. The number of hydrogen-bond acceptors (Lipinski definition) is 5. The van der Waals surface area contributed by atoms with Crippen LogP contribution in [-0.2, 0) is 14.4 Å². The van der Waals surface area contributed by atoms with Crippen molar-refractivity contribution in [3.05, 3.63) is 0 Å². The second-order valence-electron chi connectivity index (χ2n) is 11.0. The number of fused-ring (bicyclic) bond motifs is 2. The summed E-state index contributed by atoms with van der Waals surface area (Å²) in [4.78, 5) is 43.7. The lowest BCUT2D eigenvalue weighted by molar-refractivity contribution is -0.159. The highest BCUT2D eigenvalue weighted by Gasteiger charge is 2.47. The van der Waals surface area contributed by atoms with Gasteiger partial charge in [0.05, 0.1) is 12.6 Å². The van der Waals surface area contributed by atoms with Crippen LogP contribution in [-0.4, -0.2) is 102 Å². The van der Waals surface area contributed by atoms with Crippen LogP contribution in [0.3, 0.4) is 0 Å². The van der Waals surface area contributed by atoms with Crippen molar-refractivity contribution in [3.8, 4) is 0 Å². The average molecular weight is 464 g/mol. The predicted octanol–water partition coefficient (Wildman–Crippen LogP) is 0.513. The topological polar surface area (TPSA) is 85.0 Å². The zero-order chi connectivity index (χ0) is 23.3. The van der Waals surface area contributed by atoms with Gasteiger partial charge in [0.15, 0.2) is 0 Å². The fraction of sp³-hybridized carbons (Fsp3) is 0.875. The summed E-state index contributed by atoms with van der Waals surface area (Å²) in [5.74, 6) is 0.424. The maximum absolute atomic E-state index is 14.4. The first kappa shape index (κ1) is 23.0. The molecule has 3 saturated heterocycles. The molecule has 5 aliphatic rings. The Hall–Kier alpha value is -1.74. The molecule has 0 spiro atoms. The molecule has 5 unspecified atom stereocenters. The van der Waals surface area contributed by atoms with E-state index in [1.807, 2.05) is 0 Å². The summed E-state index contributed by atoms with van der Waals surface area (Å²) in [6.07, 6.45) is 5.16. The number of rotatable bonds is 3. The van der Waals surface area contributed by atoms with Crippen LogP contribution in [0, 0.1) is 11.8 Å². The van der Waals surface area contributed by atoms with Crippen molar-refractivity contribution in [2.45, 2.75) is 88.3 Å². The fourth-order valence-corrected chi connectivity index (χ4v) is 7.00. The highest BCUT2D eigenvalue weighted by Crippen LogP contribution is 2.38. The molecule has 3 heterocycles.